The normalized spacial score (nSPS) is 12.9. The summed E-state index contributed by atoms with van der Waals surface area (Å²) < 4.78 is 26.2. The van der Waals surface area contributed by atoms with E-state index in [1.165, 1.54) is 23.6 Å². The first-order chi connectivity index (χ1) is 13.4. The topological polar surface area (TPSA) is 77.3 Å². The first kappa shape index (κ1) is 19.9. The molecule has 7 heteroatoms. The molecule has 28 heavy (non-hydrogen) atoms. The number of nitrogens with zero attached hydrogens (tertiary/aromatic N) is 1. The number of sulfone groups is 1. The predicted molar refractivity (Wildman–Crippen MR) is 114 cm³/mol. The Hall–Kier alpha value is -2.90. The minimum absolute atomic E-state index is 0.0148. The third-order valence-electron chi connectivity index (χ3n) is 4.13. The fourth-order valence-electron chi connectivity index (χ4n) is 2.83. The molecule has 0 saturated heterocycles. The van der Waals surface area contributed by atoms with Gasteiger partial charge in [0, 0.05) is 6.08 Å². The van der Waals surface area contributed by atoms with Gasteiger partial charge in [0.25, 0.3) is 5.70 Å². The molecule has 0 amide bonds. The molecule has 5 nitrogen and oxygen atoms in total. The van der Waals surface area contributed by atoms with Gasteiger partial charge in [-0.1, -0.05) is 60.7 Å². The van der Waals surface area contributed by atoms with Gasteiger partial charge < -0.3 is 0 Å². The van der Waals surface area contributed by atoms with E-state index in [2.05, 4.69) is 0 Å². The van der Waals surface area contributed by atoms with Crippen molar-refractivity contribution in [2.75, 3.05) is 6.26 Å². The van der Waals surface area contributed by atoms with Gasteiger partial charge in [-0.05, 0) is 40.1 Å². The molecule has 0 atom stereocenters. The third kappa shape index (κ3) is 4.00. The van der Waals surface area contributed by atoms with Gasteiger partial charge in [-0.3, -0.25) is 10.1 Å². The van der Waals surface area contributed by atoms with E-state index in [0.29, 0.717) is 5.56 Å². The summed E-state index contributed by atoms with van der Waals surface area (Å²) in [5.41, 5.74) is 0.120. The highest BCUT2D eigenvalue weighted by atomic mass is 32.2. The molecule has 3 rings (SSSR count). The van der Waals surface area contributed by atoms with Gasteiger partial charge in [0.1, 0.15) is 0 Å². The zero-order valence-electron chi connectivity index (χ0n) is 15.0. The van der Waals surface area contributed by atoms with Gasteiger partial charge in [0.2, 0.25) is 9.84 Å². The standard InChI is InChI=1S/C21H17NO4S2/c1-27-15-21(28(25,26)18-11-3-2-4-12-18)20(22(23)24)14-17-10-7-9-16-8-5-6-13-19(16)17/h2-15H,1H3. The first-order valence-electron chi connectivity index (χ1n) is 8.32. The number of fused-ring (bicyclic) bond motifs is 1. The Morgan fingerprint density at radius 2 is 1.61 bits per heavy atom. The lowest BCUT2D eigenvalue weighted by Gasteiger charge is -2.08. The van der Waals surface area contributed by atoms with E-state index in [0.717, 1.165) is 22.5 Å². The monoisotopic (exact) mass is 411 g/mol. The van der Waals surface area contributed by atoms with Crippen LogP contribution in [0, 0.1) is 10.1 Å². The average molecular weight is 412 g/mol. The van der Waals surface area contributed by atoms with Gasteiger partial charge >= 0.3 is 0 Å². The second-order valence-corrected chi connectivity index (χ2v) is 8.51. The lowest BCUT2D eigenvalue weighted by molar-refractivity contribution is -0.418. The van der Waals surface area contributed by atoms with E-state index < -0.39 is 20.5 Å². The molecule has 0 saturated carbocycles. The maximum Gasteiger partial charge on any atom is 0.289 e. The maximum atomic E-state index is 13.1. The summed E-state index contributed by atoms with van der Waals surface area (Å²) in [6, 6.07) is 20.6. The van der Waals surface area contributed by atoms with Gasteiger partial charge in [-0.2, -0.15) is 0 Å². The molecule has 0 aromatic heterocycles. The largest absolute Gasteiger partial charge is 0.289 e. The van der Waals surface area contributed by atoms with Crippen LogP contribution in [0.3, 0.4) is 0 Å². The van der Waals surface area contributed by atoms with Gasteiger partial charge in [0.15, 0.2) is 4.91 Å². The number of hydrogen-bond acceptors (Lipinski definition) is 5. The molecule has 0 heterocycles. The molecule has 0 N–H and O–H groups in total. The Morgan fingerprint density at radius 3 is 2.29 bits per heavy atom. The molecule has 142 valence electrons. The molecule has 3 aromatic carbocycles. The van der Waals surface area contributed by atoms with Crippen molar-refractivity contribution in [2.45, 2.75) is 4.90 Å². The predicted octanol–water partition coefficient (Wildman–Crippen LogP) is 5.14. The van der Waals surface area contributed by atoms with Crippen molar-refractivity contribution in [2.24, 2.45) is 0 Å². The molecule has 0 unspecified atom stereocenters. The molecule has 0 aliphatic carbocycles. The summed E-state index contributed by atoms with van der Waals surface area (Å²) in [7, 11) is -4.05. The van der Waals surface area contributed by atoms with Crippen LogP contribution in [0.5, 0.6) is 0 Å². The Kier molecular flexibility index (Phi) is 5.96. The zero-order valence-corrected chi connectivity index (χ0v) is 16.6. The molecule has 0 radical (unpaired) electrons. The Labute approximate surface area is 167 Å². The van der Waals surface area contributed by atoms with E-state index in [1.807, 2.05) is 30.3 Å². The van der Waals surface area contributed by atoms with Crippen molar-refractivity contribution in [1.82, 2.24) is 0 Å². The number of thioether (sulfide) groups is 1. The highest BCUT2D eigenvalue weighted by Gasteiger charge is 2.31. The number of hydrogen-bond donors (Lipinski definition) is 0. The SMILES string of the molecule is CSC=C(C(=Cc1cccc2ccccc12)[N+](=O)[O-])S(=O)(=O)c1ccccc1. The lowest BCUT2D eigenvalue weighted by atomic mass is 10.0. The van der Waals surface area contributed by atoms with E-state index in [4.69, 9.17) is 0 Å². The van der Waals surface area contributed by atoms with Crippen LogP contribution in [0.15, 0.2) is 93.7 Å². The second-order valence-electron chi connectivity index (χ2n) is 5.89. The van der Waals surface area contributed by atoms with E-state index in [-0.39, 0.29) is 9.80 Å². The summed E-state index contributed by atoms with van der Waals surface area (Å²) in [5, 5.41) is 14.9. The first-order valence-corrected chi connectivity index (χ1v) is 11.1. The molecule has 0 fully saturated rings. The summed E-state index contributed by atoms with van der Waals surface area (Å²) in [4.78, 5) is 10.9. The van der Waals surface area contributed by atoms with Crippen LogP contribution in [0.1, 0.15) is 5.56 Å². The summed E-state index contributed by atoms with van der Waals surface area (Å²) >= 11 is 1.10. The zero-order chi connectivity index (χ0) is 20.1. The molecule has 0 aliphatic rings. The summed E-state index contributed by atoms with van der Waals surface area (Å²) in [6.45, 7) is 0. The molecule has 0 bridgehead atoms. The maximum absolute atomic E-state index is 13.1. The van der Waals surface area contributed by atoms with E-state index >= 15 is 0 Å². The highest BCUT2D eigenvalue weighted by molar-refractivity contribution is 8.03. The van der Waals surface area contributed by atoms with Crippen molar-refractivity contribution < 1.29 is 13.3 Å². The van der Waals surface area contributed by atoms with Crippen LogP contribution < -0.4 is 0 Å². The molecule has 3 aromatic rings. The number of rotatable bonds is 6. The van der Waals surface area contributed by atoms with Gasteiger partial charge in [-0.15, -0.1) is 11.8 Å². The Bertz CT molecular complexity index is 1180. The van der Waals surface area contributed by atoms with Crippen molar-refractivity contribution >= 4 is 38.4 Å². The highest BCUT2D eigenvalue weighted by Crippen LogP contribution is 2.30. The van der Waals surface area contributed by atoms with E-state index in [9.17, 15) is 18.5 Å². The lowest BCUT2D eigenvalue weighted by Crippen LogP contribution is -2.12. The van der Waals surface area contributed by atoms with Gasteiger partial charge in [0.05, 0.1) is 9.82 Å². The summed E-state index contributed by atoms with van der Waals surface area (Å²) in [5.74, 6) is 0. The minimum atomic E-state index is -4.05. The third-order valence-corrected chi connectivity index (χ3v) is 6.55. The molecular weight excluding hydrogens is 394 g/mol. The Balaban J connectivity index is 2.23. The Morgan fingerprint density at radius 1 is 0.964 bits per heavy atom. The van der Waals surface area contributed by atoms with Crippen molar-refractivity contribution in [3.05, 3.63) is 104 Å². The van der Waals surface area contributed by atoms with Crippen LogP contribution in [0.4, 0.5) is 0 Å². The second kappa shape index (κ2) is 8.41. The minimum Gasteiger partial charge on any atom is -0.258 e. The number of benzene rings is 3. The summed E-state index contributed by atoms with van der Waals surface area (Å²) in [6.07, 6.45) is 2.99. The molecule has 0 aliphatic heterocycles. The van der Waals surface area contributed by atoms with Crippen molar-refractivity contribution in [1.29, 1.82) is 0 Å². The molecule has 0 spiro atoms. The number of nitro groups is 1. The van der Waals surface area contributed by atoms with E-state index in [1.54, 1.807) is 36.6 Å². The smallest absolute Gasteiger partial charge is 0.258 e. The van der Waals surface area contributed by atoms with Crippen LogP contribution in [0.25, 0.3) is 16.8 Å². The van der Waals surface area contributed by atoms with Crippen LogP contribution in [0.2, 0.25) is 0 Å². The average Bonchev–Trinajstić information content (AvgIpc) is 2.71. The fraction of sp³-hybridized carbons (Fsp3) is 0.0476. The van der Waals surface area contributed by atoms with Crippen molar-refractivity contribution in [3.63, 3.8) is 0 Å². The van der Waals surface area contributed by atoms with Crippen LogP contribution >= 0.6 is 11.8 Å². The van der Waals surface area contributed by atoms with Gasteiger partial charge in [-0.25, -0.2) is 8.42 Å². The fourth-order valence-corrected chi connectivity index (χ4v) is 5.14. The van der Waals surface area contributed by atoms with Crippen molar-refractivity contribution in [3.8, 4) is 0 Å². The van der Waals surface area contributed by atoms with Crippen LogP contribution in [-0.2, 0) is 9.84 Å². The van der Waals surface area contributed by atoms with Crippen LogP contribution in [-0.4, -0.2) is 19.6 Å². The molecular formula is C21H17NO4S2. The quantitative estimate of drug-likeness (QED) is 0.319.